The van der Waals surface area contributed by atoms with E-state index in [1.54, 1.807) is 36.2 Å². The second-order valence-corrected chi connectivity index (χ2v) is 5.51. The number of nitrogens with zero attached hydrogens (tertiary/aromatic N) is 1. The van der Waals surface area contributed by atoms with Crippen LogP contribution in [-0.4, -0.2) is 11.7 Å². The molecule has 0 aliphatic heterocycles. The Balaban J connectivity index is 2.05. The minimum Gasteiger partial charge on any atom is -0.497 e. The van der Waals surface area contributed by atoms with E-state index >= 15 is 4.39 Å². The summed E-state index contributed by atoms with van der Waals surface area (Å²) in [5.74, 6) is 0.715. The lowest BCUT2D eigenvalue weighted by molar-refractivity contribution is 0.262. The molecule has 3 aromatic rings. The Labute approximate surface area is 140 Å². The number of halogens is 1. The average Bonchev–Trinajstić information content (AvgIpc) is 2.64. The van der Waals surface area contributed by atoms with Gasteiger partial charge in [-0.25, -0.2) is 4.39 Å². The van der Waals surface area contributed by atoms with E-state index in [1.807, 2.05) is 42.5 Å². The van der Waals surface area contributed by atoms with Crippen LogP contribution in [0, 0.1) is 0 Å². The van der Waals surface area contributed by atoms with Crippen molar-refractivity contribution in [3.05, 3.63) is 100 Å². The van der Waals surface area contributed by atoms with Crippen LogP contribution in [0.1, 0.15) is 23.3 Å². The van der Waals surface area contributed by atoms with Crippen LogP contribution in [0.15, 0.2) is 83.9 Å². The number of alkyl halides is 1. The molecule has 122 valence electrons. The fraction of sp³-hybridized carbons (Fsp3) is 0.150. The third-order valence-corrected chi connectivity index (χ3v) is 4.00. The van der Waals surface area contributed by atoms with Crippen molar-refractivity contribution in [2.45, 2.75) is 12.2 Å². The maximum atomic E-state index is 15.3. The second kappa shape index (κ2) is 7.13. The van der Waals surface area contributed by atoms with Crippen LogP contribution in [0.5, 0.6) is 5.75 Å². The van der Waals surface area contributed by atoms with Crippen molar-refractivity contribution in [2.75, 3.05) is 7.11 Å². The molecule has 0 radical (unpaired) electrons. The predicted octanol–water partition coefficient (Wildman–Crippen LogP) is 4.16. The fourth-order valence-electron chi connectivity index (χ4n) is 2.72. The monoisotopic (exact) mass is 323 g/mol. The Bertz CT molecular complexity index is 823. The zero-order valence-electron chi connectivity index (χ0n) is 13.3. The Hall–Kier alpha value is -2.88. The predicted molar refractivity (Wildman–Crippen MR) is 92.1 cm³/mol. The van der Waals surface area contributed by atoms with Crippen molar-refractivity contribution in [3.63, 3.8) is 0 Å². The molecule has 24 heavy (non-hydrogen) atoms. The Kier molecular flexibility index (Phi) is 4.75. The van der Waals surface area contributed by atoms with Gasteiger partial charge in [0.25, 0.3) is 0 Å². The molecule has 3 nitrogen and oxygen atoms in total. The van der Waals surface area contributed by atoms with Crippen LogP contribution in [0.25, 0.3) is 0 Å². The first kappa shape index (κ1) is 16.0. The number of benzene rings is 2. The van der Waals surface area contributed by atoms with E-state index in [-0.39, 0.29) is 5.43 Å². The Morgan fingerprint density at radius 3 is 2.08 bits per heavy atom. The van der Waals surface area contributed by atoms with Crippen LogP contribution in [-0.2, 0) is 0 Å². The number of ether oxygens (including phenoxy) is 1. The molecule has 1 heterocycles. The van der Waals surface area contributed by atoms with E-state index in [0.29, 0.717) is 11.3 Å². The van der Waals surface area contributed by atoms with Gasteiger partial charge in [-0.3, -0.25) is 4.79 Å². The molecule has 4 heteroatoms. The number of rotatable bonds is 5. The third kappa shape index (κ3) is 3.38. The van der Waals surface area contributed by atoms with Gasteiger partial charge >= 0.3 is 0 Å². The van der Waals surface area contributed by atoms with Gasteiger partial charge in [0.1, 0.15) is 11.9 Å². The van der Waals surface area contributed by atoms with Crippen molar-refractivity contribution in [1.82, 2.24) is 4.57 Å². The molecule has 0 aliphatic rings. The van der Waals surface area contributed by atoms with E-state index < -0.39 is 12.2 Å². The molecule has 0 aliphatic carbocycles. The molecule has 2 aromatic carbocycles. The van der Waals surface area contributed by atoms with Crippen molar-refractivity contribution < 1.29 is 9.13 Å². The molecule has 0 bridgehead atoms. The summed E-state index contributed by atoms with van der Waals surface area (Å²) in [6.45, 7) is 0. The first-order valence-corrected chi connectivity index (χ1v) is 7.70. The van der Waals surface area contributed by atoms with E-state index in [0.717, 1.165) is 5.56 Å². The van der Waals surface area contributed by atoms with Gasteiger partial charge in [-0.05, 0) is 23.3 Å². The highest BCUT2D eigenvalue weighted by atomic mass is 19.1. The molecule has 3 rings (SSSR count). The third-order valence-electron chi connectivity index (χ3n) is 4.00. The van der Waals surface area contributed by atoms with E-state index in [1.165, 1.54) is 12.1 Å². The lowest BCUT2D eigenvalue weighted by atomic mass is 9.96. The minimum atomic E-state index is -1.25. The van der Waals surface area contributed by atoms with Gasteiger partial charge in [0.15, 0.2) is 5.43 Å². The number of methoxy groups -OCH3 is 1. The normalized spacial score (nSPS) is 13.2. The molecule has 0 fully saturated rings. The van der Waals surface area contributed by atoms with Crippen LogP contribution < -0.4 is 10.2 Å². The summed E-state index contributed by atoms with van der Waals surface area (Å²) in [5, 5.41) is 0. The molecular formula is C20H18FNO2. The van der Waals surface area contributed by atoms with Crippen molar-refractivity contribution in [3.8, 4) is 5.75 Å². The summed E-state index contributed by atoms with van der Waals surface area (Å²) in [5.41, 5.74) is 1.29. The van der Waals surface area contributed by atoms with Gasteiger partial charge in [-0.2, -0.15) is 0 Å². The van der Waals surface area contributed by atoms with Gasteiger partial charge < -0.3 is 9.30 Å². The lowest BCUT2D eigenvalue weighted by Gasteiger charge is -2.25. The van der Waals surface area contributed by atoms with E-state index in [2.05, 4.69) is 0 Å². The number of hydrogen-bond donors (Lipinski definition) is 0. The van der Waals surface area contributed by atoms with Crippen molar-refractivity contribution >= 4 is 0 Å². The molecule has 0 amide bonds. The SMILES string of the molecule is COc1ccc(C(C(F)c2ccccc2)n2ccc(=O)cc2)cc1. The first-order valence-electron chi connectivity index (χ1n) is 7.70. The first-order chi connectivity index (χ1) is 11.7. The van der Waals surface area contributed by atoms with E-state index in [4.69, 9.17) is 4.74 Å². The second-order valence-electron chi connectivity index (χ2n) is 5.51. The standard InChI is InChI=1S/C20H18FNO2/c1-24-18-9-7-16(8-10-18)20(22-13-11-17(23)12-14-22)19(21)15-5-3-2-4-6-15/h2-14,19-20H,1H3. The quantitative estimate of drug-likeness (QED) is 0.706. The van der Waals surface area contributed by atoms with Gasteiger partial charge in [0, 0.05) is 24.5 Å². The molecule has 1 aromatic heterocycles. The zero-order chi connectivity index (χ0) is 16.9. The summed E-state index contributed by atoms with van der Waals surface area (Å²) in [7, 11) is 1.59. The van der Waals surface area contributed by atoms with Gasteiger partial charge in [0.05, 0.1) is 13.2 Å². The van der Waals surface area contributed by atoms with Crippen LogP contribution >= 0.6 is 0 Å². The summed E-state index contributed by atoms with van der Waals surface area (Å²) >= 11 is 0. The van der Waals surface area contributed by atoms with Gasteiger partial charge in [-0.15, -0.1) is 0 Å². The molecule has 0 spiro atoms. The van der Waals surface area contributed by atoms with Crippen molar-refractivity contribution in [1.29, 1.82) is 0 Å². The molecular weight excluding hydrogens is 305 g/mol. The van der Waals surface area contributed by atoms with Crippen LogP contribution in [0.2, 0.25) is 0 Å². The highest BCUT2D eigenvalue weighted by Gasteiger charge is 2.25. The highest BCUT2D eigenvalue weighted by molar-refractivity contribution is 5.32. The smallest absolute Gasteiger partial charge is 0.181 e. The summed E-state index contributed by atoms with van der Waals surface area (Å²) in [4.78, 5) is 11.4. The van der Waals surface area contributed by atoms with E-state index in [9.17, 15) is 4.79 Å². The highest BCUT2D eigenvalue weighted by Crippen LogP contribution is 2.35. The lowest BCUT2D eigenvalue weighted by Crippen LogP contribution is -2.18. The summed E-state index contributed by atoms with van der Waals surface area (Å²) in [6, 6.07) is 18.6. The molecule has 0 N–H and O–H groups in total. The molecule has 0 saturated carbocycles. The Morgan fingerprint density at radius 2 is 1.50 bits per heavy atom. The largest absolute Gasteiger partial charge is 0.497 e. The minimum absolute atomic E-state index is 0.102. The number of pyridine rings is 1. The fourth-order valence-corrected chi connectivity index (χ4v) is 2.72. The summed E-state index contributed by atoms with van der Waals surface area (Å²) in [6.07, 6.45) is 1.99. The van der Waals surface area contributed by atoms with Crippen LogP contribution in [0.4, 0.5) is 4.39 Å². The molecule has 2 unspecified atom stereocenters. The average molecular weight is 323 g/mol. The maximum Gasteiger partial charge on any atom is 0.181 e. The summed E-state index contributed by atoms with van der Waals surface area (Å²) < 4.78 is 22.2. The van der Waals surface area contributed by atoms with Gasteiger partial charge in [-0.1, -0.05) is 42.5 Å². The van der Waals surface area contributed by atoms with Crippen molar-refractivity contribution in [2.24, 2.45) is 0 Å². The zero-order valence-corrected chi connectivity index (χ0v) is 13.3. The topological polar surface area (TPSA) is 31.2 Å². The Morgan fingerprint density at radius 1 is 0.875 bits per heavy atom. The van der Waals surface area contributed by atoms with Gasteiger partial charge in [0.2, 0.25) is 0 Å². The molecule has 2 atom stereocenters. The molecule has 0 saturated heterocycles. The number of hydrogen-bond acceptors (Lipinski definition) is 2. The maximum absolute atomic E-state index is 15.3. The van der Waals surface area contributed by atoms with Crippen LogP contribution in [0.3, 0.4) is 0 Å². The number of aromatic nitrogens is 1.